The van der Waals surface area contributed by atoms with E-state index in [-0.39, 0.29) is 27.2 Å². The maximum absolute atomic E-state index is 15.0. The molecular formula is C22H18Cl3F2N3O3S. The normalized spacial score (nSPS) is 20.5. The molecule has 34 heavy (non-hydrogen) atoms. The van der Waals surface area contributed by atoms with E-state index in [0.29, 0.717) is 12.8 Å². The second-order valence-electron chi connectivity index (χ2n) is 7.93. The number of hydrogen-bond acceptors (Lipinski definition) is 4. The van der Waals surface area contributed by atoms with Crippen LogP contribution in [-0.2, 0) is 9.59 Å². The van der Waals surface area contributed by atoms with Crippen molar-refractivity contribution in [3.8, 4) is 0 Å². The van der Waals surface area contributed by atoms with E-state index in [1.807, 2.05) is 0 Å². The summed E-state index contributed by atoms with van der Waals surface area (Å²) in [5, 5.41) is 6.87. The predicted molar refractivity (Wildman–Crippen MR) is 131 cm³/mol. The second-order valence-corrected chi connectivity index (χ2v) is 11.2. The SMILES string of the molecule is O=C(Nc1ccc(F)c(NC(=O)C2CCCS2)c1F)c1cc(NC(=O)C2CC2(Cl)Cl)ccc1Cl. The number of alkyl halides is 2. The number of rotatable bonds is 6. The monoisotopic (exact) mass is 547 g/mol. The number of anilines is 3. The molecule has 0 spiro atoms. The Labute approximate surface area is 213 Å². The third kappa shape index (κ3) is 5.43. The standard InChI is InChI=1S/C22H18Cl3F2N3O3S/c23-13-4-3-10(28-20(32)12-9-22(12,24)25)8-11(13)19(31)29-15-6-5-14(26)18(17(15)27)30-21(33)16-2-1-7-34-16/h3-6,8,12,16H,1-2,7,9H2,(H,28,32)(H,29,31)(H,30,33). The van der Waals surface area contributed by atoms with Gasteiger partial charge in [-0.3, -0.25) is 14.4 Å². The van der Waals surface area contributed by atoms with Gasteiger partial charge in [-0.05, 0) is 55.3 Å². The Bertz CT molecular complexity index is 1180. The summed E-state index contributed by atoms with van der Waals surface area (Å²) >= 11 is 19.3. The fourth-order valence-corrected chi connectivity index (χ4v) is 5.32. The quantitative estimate of drug-likeness (QED) is 0.396. The van der Waals surface area contributed by atoms with Crippen LogP contribution in [0.3, 0.4) is 0 Å². The zero-order valence-corrected chi connectivity index (χ0v) is 20.5. The maximum Gasteiger partial charge on any atom is 0.257 e. The van der Waals surface area contributed by atoms with Crippen LogP contribution < -0.4 is 16.0 Å². The molecule has 180 valence electrons. The van der Waals surface area contributed by atoms with Crippen LogP contribution in [0, 0.1) is 17.6 Å². The fourth-order valence-electron chi connectivity index (χ4n) is 3.45. The van der Waals surface area contributed by atoms with Crippen molar-refractivity contribution in [2.24, 2.45) is 5.92 Å². The summed E-state index contributed by atoms with van der Waals surface area (Å²) in [4.78, 5) is 37.3. The van der Waals surface area contributed by atoms with Crippen LogP contribution in [-0.4, -0.2) is 33.1 Å². The molecule has 1 heterocycles. The van der Waals surface area contributed by atoms with Gasteiger partial charge in [0.1, 0.15) is 15.8 Å². The highest BCUT2D eigenvalue weighted by Crippen LogP contribution is 2.53. The second kappa shape index (κ2) is 9.89. The number of thioether (sulfide) groups is 1. The summed E-state index contributed by atoms with van der Waals surface area (Å²) in [6.07, 6.45) is 1.79. The zero-order valence-electron chi connectivity index (χ0n) is 17.4. The Morgan fingerprint density at radius 1 is 1.03 bits per heavy atom. The van der Waals surface area contributed by atoms with E-state index in [9.17, 15) is 23.2 Å². The Balaban J connectivity index is 1.50. The molecule has 2 aromatic rings. The smallest absolute Gasteiger partial charge is 0.257 e. The summed E-state index contributed by atoms with van der Waals surface area (Å²) < 4.78 is 28.1. The Hall–Kier alpha value is -2.07. The lowest BCUT2D eigenvalue weighted by atomic mass is 10.1. The van der Waals surface area contributed by atoms with Gasteiger partial charge in [0.2, 0.25) is 11.8 Å². The van der Waals surface area contributed by atoms with Gasteiger partial charge >= 0.3 is 0 Å². The van der Waals surface area contributed by atoms with Crippen LogP contribution in [0.2, 0.25) is 5.02 Å². The molecule has 0 bridgehead atoms. The lowest BCUT2D eigenvalue weighted by molar-refractivity contribution is -0.117. The topological polar surface area (TPSA) is 87.3 Å². The minimum absolute atomic E-state index is 0.0419. The largest absolute Gasteiger partial charge is 0.326 e. The van der Waals surface area contributed by atoms with Gasteiger partial charge in [-0.2, -0.15) is 0 Å². The molecule has 2 aliphatic rings. The number of carbonyl (C=O) groups excluding carboxylic acids is 3. The lowest BCUT2D eigenvalue weighted by Crippen LogP contribution is -2.24. The number of hydrogen-bond donors (Lipinski definition) is 3. The van der Waals surface area contributed by atoms with E-state index in [1.165, 1.54) is 30.0 Å². The number of carbonyl (C=O) groups is 3. The van der Waals surface area contributed by atoms with Gasteiger partial charge in [0.05, 0.1) is 27.4 Å². The van der Waals surface area contributed by atoms with Crippen LogP contribution >= 0.6 is 46.6 Å². The molecule has 2 aromatic carbocycles. The summed E-state index contributed by atoms with van der Waals surface area (Å²) in [5.74, 6) is -3.57. The van der Waals surface area contributed by atoms with E-state index >= 15 is 0 Å². The third-order valence-electron chi connectivity index (χ3n) is 5.43. The van der Waals surface area contributed by atoms with E-state index in [1.54, 1.807) is 0 Å². The van der Waals surface area contributed by atoms with Crippen molar-refractivity contribution in [2.75, 3.05) is 21.7 Å². The molecule has 0 radical (unpaired) electrons. The van der Waals surface area contributed by atoms with Crippen LogP contribution in [0.25, 0.3) is 0 Å². The van der Waals surface area contributed by atoms with Crippen LogP contribution in [0.15, 0.2) is 30.3 Å². The molecule has 0 aromatic heterocycles. The maximum atomic E-state index is 15.0. The molecule has 2 fully saturated rings. The van der Waals surface area contributed by atoms with Crippen molar-refractivity contribution in [3.05, 3.63) is 52.6 Å². The van der Waals surface area contributed by atoms with Crippen LogP contribution in [0.5, 0.6) is 0 Å². The summed E-state index contributed by atoms with van der Waals surface area (Å²) in [5.41, 5.74) is -0.789. The molecule has 3 amide bonds. The van der Waals surface area contributed by atoms with E-state index in [0.717, 1.165) is 24.3 Å². The minimum Gasteiger partial charge on any atom is -0.326 e. The van der Waals surface area contributed by atoms with Crippen molar-refractivity contribution in [3.63, 3.8) is 0 Å². The highest BCUT2D eigenvalue weighted by atomic mass is 35.5. The number of nitrogens with one attached hydrogen (secondary N) is 3. The van der Waals surface area contributed by atoms with E-state index < -0.39 is 45.3 Å². The lowest BCUT2D eigenvalue weighted by Gasteiger charge is -2.15. The van der Waals surface area contributed by atoms with E-state index in [4.69, 9.17) is 34.8 Å². The number of benzene rings is 2. The zero-order chi connectivity index (χ0) is 24.6. The number of amides is 3. The van der Waals surface area contributed by atoms with Crippen molar-refractivity contribution in [1.29, 1.82) is 0 Å². The average Bonchev–Trinajstić information content (AvgIpc) is 3.16. The highest BCUT2D eigenvalue weighted by molar-refractivity contribution is 8.00. The Morgan fingerprint density at radius 2 is 1.76 bits per heavy atom. The predicted octanol–water partition coefficient (Wildman–Crippen LogP) is 5.84. The molecule has 3 N–H and O–H groups in total. The third-order valence-corrected chi connectivity index (χ3v) is 7.97. The molecule has 2 atom stereocenters. The first-order chi connectivity index (χ1) is 16.1. The molecule has 2 unspecified atom stereocenters. The Kier molecular flexibility index (Phi) is 7.28. The molecule has 1 aliphatic carbocycles. The van der Waals surface area contributed by atoms with Gasteiger partial charge in [-0.15, -0.1) is 35.0 Å². The van der Waals surface area contributed by atoms with E-state index in [2.05, 4.69) is 16.0 Å². The van der Waals surface area contributed by atoms with Crippen molar-refractivity contribution < 1.29 is 23.2 Å². The summed E-state index contributed by atoms with van der Waals surface area (Å²) in [6.45, 7) is 0. The molecule has 1 saturated carbocycles. The Morgan fingerprint density at radius 3 is 2.41 bits per heavy atom. The van der Waals surface area contributed by atoms with Gasteiger partial charge in [0.15, 0.2) is 5.82 Å². The summed E-state index contributed by atoms with van der Waals surface area (Å²) in [7, 11) is 0. The number of halogens is 5. The van der Waals surface area contributed by atoms with Crippen LogP contribution in [0.4, 0.5) is 25.8 Å². The minimum atomic E-state index is -1.13. The first-order valence-corrected chi connectivity index (χ1v) is 12.4. The molecule has 6 nitrogen and oxygen atoms in total. The van der Waals surface area contributed by atoms with Gasteiger partial charge in [-0.25, -0.2) is 8.78 Å². The van der Waals surface area contributed by atoms with Gasteiger partial charge in [-0.1, -0.05) is 11.6 Å². The highest BCUT2D eigenvalue weighted by Gasteiger charge is 2.56. The molecule has 4 rings (SSSR count). The van der Waals surface area contributed by atoms with Crippen LogP contribution in [0.1, 0.15) is 29.6 Å². The average molecular weight is 549 g/mol. The first kappa shape index (κ1) is 25.0. The van der Waals surface area contributed by atoms with Crippen molar-refractivity contribution in [1.82, 2.24) is 0 Å². The fraction of sp³-hybridized carbons (Fsp3) is 0.318. The molecule has 1 aliphatic heterocycles. The molecular weight excluding hydrogens is 531 g/mol. The first-order valence-electron chi connectivity index (χ1n) is 10.3. The summed E-state index contributed by atoms with van der Waals surface area (Å²) in [6, 6.07) is 6.16. The molecule has 12 heteroatoms. The van der Waals surface area contributed by atoms with Gasteiger partial charge in [0, 0.05) is 5.69 Å². The molecule has 1 saturated heterocycles. The van der Waals surface area contributed by atoms with Gasteiger partial charge < -0.3 is 16.0 Å². The van der Waals surface area contributed by atoms with Crippen molar-refractivity contribution in [2.45, 2.75) is 28.8 Å². The van der Waals surface area contributed by atoms with Gasteiger partial charge in [0.25, 0.3) is 5.91 Å². The van der Waals surface area contributed by atoms with Crippen molar-refractivity contribution >= 4 is 81.3 Å².